The normalized spacial score (nSPS) is 16.2. The first kappa shape index (κ1) is 14.0. The zero-order valence-electron chi connectivity index (χ0n) is 11.3. The fourth-order valence-corrected chi connectivity index (χ4v) is 2.18. The molecule has 1 fully saturated rings. The molecule has 1 N–H and O–H groups in total. The van der Waals surface area contributed by atoms with Crippen LogP contribution in [0.4, 0.5) is 0 Å². The van der Waals surface area contributed by atoms with Crippen LogP contribution in [0.1, 0.15) is 12.0 Å². The molecule has 0 aromatic heterocycles. The molecular weight excluding hydrogens is 242 g/mol. The molecule has 104 valence electrons. The predicted octanol–water partition coefficient (Wildman–Crippen LogP) is 0.0775. The Bertz CT molecular complexity index is 374. The van der Waals surface area contributed by atoms with Crippen LogP contribution >= 0.6 is 0 Å². The molecule has 4 nitrogen and oxygen atoms in total. The SMILES string of the molecule is O=C(CCc1ccccc1)OCC[NH+]1CCOCC1. The summed E-state index contributed by atoms with van der Waals surface area (Å²) in [5, 5.41) is 0. The van der Waals surface area contributed by atoms with Gasteiger partial charge in [-0.2, -0.15) is 0 Å². The number of ether oxygens (including phenoxy) is 2. The van der Waals surface area contributed by atoms with Gasteiger partial charge in [-0.05, 0) is 12.0 Å². The summed E-state index contributed by atoms with van der Waals surface area (Å²) in [6.07, 6.45) is 1.21. The number of quaternary nitrogens is 1. The van der Waals surface area contributed by atoms with E-state index in [9.17, 15) is 4.79 Å². The largest absolute Gasteiger partial charge is 0.460 e. The van der Waals surface area contributed by atoms with Gasteiger partial charge in [0, 0.05) is 6.42 Å². The minimum Gasteiger partial charge on any atom is -0.460 e. The lowest BCUT2D eigenvalue weighted by Gasteiger charge is -2.23. The average molecular weight is 264 g/mol. The Balaban J connectivity index is 1.57. The Morgan fingerprint density at radius 2 is 1.95 bits per heavy atom. The van der Waals surface area contributed by atoms with Gasteiger partial charge in [0.25, 0.3) is 0 Å². The molecule has 19 heavy (non-hydrogen) atoms. The first-order chi connectivity index (χ1) is 9.34. The second kappa shape index (κ2) is 7.92. The van der Waals surface area contributed by atoms with E-state index in [4.69, 9.17) is 9.47 Å². The van der Waals surface area contributed by atoms with Crippen molar-refractivity contribution in [2.24, 2.45) is 0 Å². The van der Waals surface area contributed by atoms with Crippen LogP contribution in [0.15, 0.2) is 30.3 Å². The van der Waals surface area contributed by atoms with Gasteiger partial charge in [-0.3, -0.25) is 4.79 Å². The van der Waals surface area contributed by atoms with Gasteiger partial charge in [0.15, 0.2) is 0 Å². The van der Waals surface area contributed by atoms with Crippen molar-refractivity contribution in [2.45, 2.75) is 12.8 Å². The molecule has 1 aliphatic rings. The number of rotatable bonds is 6. The Kier molecular flexibility index (Phi) is 5.85. The van der Waals surface area contributed by atoms with Crippen molar-refractivity contribution in [3.8, 4) is 0 Å². The number of morpholine rings is 1. The van der Waals surface area contributed by atoms with Crippen molar-refractivity contribution in [3.05, 3.63) is 35.9 Å². The third-order valence-corrected chi connectivity index (χ3v) is 3.38. The summed E-state index contributed by atoms with van der Waals surface area (Å²) in [7, 11) is 0. The average Bonchev–Trinajstić information content (AvgIpc) is 2.47. The molecule has 1 aromatic rings. The third-order valence-electron chi connectivity index (χ3n) is 3.38. The van der Waals surface area contributed by atoms with Gasteiger partial charge in [0.1, 0.15) is 26.2 Å². The van der Waals surface area contributed by atoms with E-state index in [0.717, 1.165) is 39.3 Å². The molecule has 0 amide bonds. The maximum atomic E-state index is 11.6. The number of benzene rings is 1. The van der Waals surface area contributed by atoms with Crippen molar-refractivity contribution in [1.29, 1.82) is 0 Å². The zero-order chi connectivity index (χ0) is 13.3. The summed E-state index contributed by atoms with van der Waals surface area (Å²) in [5.41, 5.74) is 1.18. The van der Waals surface area contributed by atoms with Crippen LogP contribution < -0.4 is 4.90 Å². The van der Waals surface area contributed by atoms with E-state index < -0.39 is 0 Å². The summed E-state index contributed by atoms with van der Waals surface area (Å²) >= 11 is 0. The first-order valence-corrected chi connectivity index (χ1v) is 6.95. The molecule has 0 saturated carbocycles. The number of nitrogens with one attached hydrogen (secondary N) is 1. The minimum atomic E-state index is -0.100. The van der Waals surface area contributed by atoms with Crippen LogP contribution in [0.3, 0.4) is 0 Å². The van der Waals surface area contributed by atoms with E-state index in [1.54, 1.807) is 0 Å². The minimum absolute atomic E-state index is 0.100. The van der Waals surface area contributed by atoms with Crippen molar-refractivity contribution in [2.75, 3.05) is 39.5 Å². The molecule has 1 saturated heterocycles. The van der Waals surface area contributed by atoms with Crippen LogP contribution in [0.2, 0.25) is 0 Å². The molecule has 0 unspecified atom stereocenters. The number of aryl methyl sites for hydroxylation is 1. The highest BCUT2D eigenvalue weighted by Crippen LogP contribution is 2.02. The molecule has 0 spiro atoms. The van der Waals surface area contributed by atoms with Crippen molar-refractivity contribution < 1.29 is 19.2 Å². The molecule has 1 aromatic carbocycles. The van der Waals surface area contributed by atoms with E-state index in [-0.39, 0.29) is 5.97 Å². The van der Waals surface area contributed by atoms with Gasteiger partial charge >= 0.3 is 5.97 Å². The Hall–Kier alpha value is -1.39. The Labute approximate surface area is 114 Å². The summed E-state index contributed by atoms with van der Waals surface area (Å²) in [6.45, 7) is 5.07. The maximum Gasteiger partial charge on any atom is 0.306 e. The molecule has 4 heteroatoms. The van der Waals surface area contributed by atoms with Crippen LogP contribution in [0.5, 0.6) is 0 Å². The smallest absolute Gasteiger partial charge is 0.306 e. The van der Waals surface area contributed by atoms with Gasteiger partial charge in [-0.25, -0.2) is 0 Å². The van der Waals surface area contributed by atoms with E-state index in [2.05, 4.69) is 0 Å². The summed E-state index contributed by atoms with van der Waals surface area (Å²) < 4.78 is 10.6. The number of hydrogen-bond donors (Lipinski definition) is 1. The number of hydrogen-bond acceptors (Lipinski definition) is 3. The topological polar surface area (TPSA) is 40.0 Å². The van der Waals surface area contributed by atoms with Crippen LogP contribution in [-0.4, -0.2) is 45.4 Å². The van der Waals surface area contributed by atoms with Gasteiger partial charge < -0.3 is 14.4 Å². The van der Waals surface area contributed by atoms with Gasteiger partial charge in [-0.15, -0.1) is 0 Å². The van der Waals surface area contributed by atoms with Gasteiger partial charge in [0.05, 0.1) is 13.2 Å². The molecule has 0 bridgehead atoms. The van der Waals surface area contributed by atoms with E-state index >= 15 is 0 Å². The first-order valence-electron chi connectivity index (χ1n) is 6.95. The van der Waals surface area contributed by atoms with E-state index in [1.807, 2.05) is 30.3 Å². The highest BCUT2D eigenvalue weighted by molar-refractivity contribution is 5.69. The maximum absolute atomic E-state index is 11.6. The summed E-state index contributed by atoms with van der Waals surface area (Å²) in [4.78, 5) is 13.1. The molecule has 0 radical (unpaired) electrons. The molecular formula is C15H22NO3+. The van der Waals surface area contributed by atoms with Crippen molar-refractivity contribution >= 4 is 5.97 Å². The van der Waals surface area contributed by atoms with Crippen LogP contribution in [0.25, 0.3) is 0 Å². The predicted molar refractivity (Wildman–Crippen MR) is 72.1 cm³/mol. The standard InChI is InChI=1S/C15H21NO3/c17-15(7-6-14-4-2-1-3-5-14)19-13-10-16-8-11-18-12-9-16/h1-5H,6-13H2/p+1. The number of carbonyl (C=O) groups is 1. The highest BCUT2D eigenvalue weighted by atomic mass is 16.5. The van der Waals surface area contributed by atoms with Crippen molar-refractivity contribution in [3.63, 3.8) is 0 Å². The summed E-state index contributed by atoms with van der Waals surface area (Å²) in [5.74, 6) is -0.100. The molecule has 1 aliphatic heterocycles. The van der Waals surface area contributed by atoms with Crippen LogP contribution in [0, 0.1) is 0 Å². The zero-order valence-corrected chi connectivity index (χ0v) is 11.3. The molecule has 2 rings (SSSR count). The second-order valence-electron chi connectivity index (χ2n) is 4.82. The third kappa shape index (κ3) is 5.41. The molecule has 0 aliphatic carbocycles. The Morgan fingerprint density at radius 3 is 2.68 bits per heavy atom. The lowest BCUT2D eigenvalue weighted by Crippen LogP contribution is -3.14. The number of esters is 1. The molecule has 0 atom stereocenters. The summed E-state index contributed by atoms with van der Waals surface area (Å²) in [6, 6.07) is 10.0. The monoisotopic (exact) mass is 264 g/mol. The fraction of sp³-hybridized carbons (Fsp3) is 0.533. The second-order valence-corrected chi connectivity index (χ2v) is 4.82. The number of carbonyl (C=O) groups excluding carboxylic acids is 1. The van der Waals surface area contributed by atoms with Gasteiger partial charge in [-0.1, -0.05) is 30.3 Å². The van der Waals surface area contributed by atoms with E-state index in [0.29, 0.717) is 13.0 Å². The quantitative estimate of drug-likeness (QED) is 0.740. The Morgan fingerprint density at radius 1 is 1.21 bits per heavy atom. The fourth-order valence-electron chi connectivity index (χ4n) is 2.18. The van der Waals surface area contributed by atoms with Gasteiger partial charge in [0.2, 0.25) is 0 Å². The lowest BCUT2D eigenvalue weighted by molar-refractivity contribution is -0.908. The van der Waals surface area contributed by atoms with Crippen molar-refractivity contribution in [1.82, 2.24) is 0 Å². The highest BCUT2D eigenvalue weighted by Gasteiger charge is 2.14. The van der Waals surface area contributed by atoms with Crippen LogP contribution in [-0.2, 0) is 20.7 Å². The molecule has 1 heterocycles. The lowest BCUT2D eigenvalue weighted by atomic mass is 10.1. The van der Waals surface area contributed by atoms with E-state index in [1.165, 1.54) is 10.5 Å².